The molecule has 0 radical (unpaired) electrons. The van der Waals surface area contributed by atoms with Crippen LogP contribution in [0.15, 0.2) is 18.2 Å². The van der Waals surface area contributed by atoms with Crippen molar-refractivity contribution < 1.29 is 19.3 Å². The molecule has 0 aromatic heterocycles. The molecular formula is C15H14N4O5. The van der Waals surface area contributed by atoms with Crippen molar-refractivity contribution in [1.29, 1.82) is 0 Å². The molecule has 0 unspecified atom stereocenters. The summed E-state index contributed by atoms with van der Waals surface area (Å²) in [7, 11) is 0. The van der Waals surface area contributed by atoms with Crippen molar-refractivity contribution in [2.75, 3.05) is 13.1 Å². The van der Waals surface area contributed by atoms with E-state index in [1.165, 1.54) is 24.0 Å². The van der Waals surface area contributed by atoms with Crippen LogP contribution in [0.25, 0.3) is 0 Å². The Balaban J connectivity index is 1.99. The molecule has 4 rings (SSSR count). The smallest absolute Gasteiger partial charge is 0.282 e. The van der Waals surface area contributed by atoms with Crippen molar-refractivity contribution in [2.24, 2.45) is 0 Å². The molecule has 0 saturated carbocycles. The van der Waals surface area contributed by atoms with Gasteiger partial charge in [0.1, 0.15) is 11.2 Å². The number of hydrazine groups is 1. The Morgan fingerprint density at radius 2 is 2.04 bits per heavy atom. The van der Waals surface area contributed by atoms with Crippen molar-refractivity contribution >= 4 is 23.4 Å². The molecule has 1 aromatic carbocycles. The van der Waals surface area contributed by atoms with E-state index < -0.39 is 28.3 Å². The molecular weight excluding hydrogens is 316 g/mol. The highest BCUT2D eigenvalue weighted by Gasteiger charge is 2.64. The number of rotatable bonds is 1. The normalized spacial score (nSPS) is 25.5. The van der Waals surface area contributed by atoms with Gasteiger partial charge in [-0.1, -0.05) is 12.1 Å². The number of hydrogen-bond donors (Lipinski definition) is 0. The van der Waals surface area contributed by atoms with Gasteiger partial charge in [-0.3, -0.25) is 24.5 Å². The van der Waals surface area contributed by atoms with Gasteiger partial charge in [-0.15, -0.1) is 0 Å². The van der Waals surface area contributed by atoms with Gasteiger partial charge in [0.05, 0.1) is 11.3 Å². The summed E-state index contributed by atoms with van der Waals surface area (Å²) in [6.07, 6.45) is 0.499. The van der Waals surface area contributed by atoms with Gasteiger partial charge < -0.3 is 4.90 Å². The lowest BCUT2D eigenvalue weighted by Gasteiger charge is -2.47. The Morgan fingerprint density at radius 3 is 2.71 bits per heavy atom. The third kappa shape index (κ3) is 1.54. The van der Waals surface area contributed by atoms with Gasteiger partial charge in [0.25, 0.3) is 11.6 Å². The van der Waals surface area contributed by atoms with E-state index in [2.05, 4.69) is 0 Å². The van der Waals surface area contributed by atoms with Gasteiger partial charge in [0, 0.05) is 31.6 Å². The Hall–Kier alpha value is -2.81. The average Bonchev–Trinajstić information content (AvgIpc) is 2.97. The Kier molecular flexibility index (Phi) is 2.83. The predicted molar refractivity (Wildman–Crippen MR) is 79.3 cm³/mol. The number of hydrogen-bond acceptors (Lipinski definition) is 6. The number of amides is 3. The van der Waals surface area contributed by atoms with Crippen LogP contribution in [-0.4, -0.2) is 50.7 Å². The second kappa shape index (κ2) is 4.60. The van der Waals surface area contributed by atoms with Crippen molar-refractivity contribution in [3.05, 3.63) is 39.4 Å². The molecule has 9 nitrogen and oxygen atoms in total. The Bertz CT molecular complexity index is 822. The van der Waals surface area contributed by atoms with E-state index in [0.29, 0.717) is 25.1 Å². The average molecular weight is 330 g/mol. The van der Waals surface area contributed by atoms with Crippen molar-refractivity contribution in [3.8, 4) is 0 Å². The van der Waals surface area contributed by atoms with E-state index in [9.17, 15) is 24.5 Å². The maximum absolute atomic E-state index is 12.9. The topological polar surface area (TPSA) is 104 Å². The molecule has 3 aliphatic heterocycles. The monoisotopic (exact) mass is 330 g/mol. The number of carbonyl (C=O) groups is 3. The number of fused-ring (bicyclic) bond motifs is 1. The minimum atomic E-state index is -1.13. The highest BCUT2D eigenvalue weighted by atomic mass is 16.6. The van der Waals surface area contributed by atoms with Gasteiger partial charge in [-0.2, -0.15) is 5.01 Å². The Labute approximate surface area is 136 Å². The molecule has 24 heavy (non-hydrogen) atoms. The summed E-state index contributed by atoms with van der Waals surface area (Å²) in [6.45, 7) is 2.11. The summed E-state index contributed by atoms with van der Waals surface area (Å²) in [5, 5.41) is 14.0. The first kappa shape index (κ1) is 14.8. The lowest BCUT2D eigenvalue weighted by molar-refractivity contribution is -0.385. The van der Waals surface area contributed by atoms with Crippen molar-refractivity contribution in [3.63, 3.8) is 0 Å². The summed E-state index contributed by atoms with van der Waals surface area (Å²) < 4.78 is 0. The van der Waals surface area contributed by atoms with Gasteiger partial charge in [0.15, 0.2) is 0 Å². The number of benzene rings is 1. The number of nitro benzene ring substituents is 1. The third-order valence-electron chi connectivity index (χ3n) is 4.93. The van der Waals surface area contributed by atoms with Crippen LogP contribution in [0.5, 0.6) is 0 Å². The zero-order chi connectivity index (χ0) is 17.2. The molecule has 1 aromatic rings. The van der Waals surface area contributed by atoms with E-state index in [1.54, 1.807) is 11.1 Å². The van der Waals surface area contributed by atoms with Crippen molar-refractivity contribution in [1.82, 2.24) is 14.9 Å². The number of carbonyl (C=O) groups excluding carboxylic acids is 3. The maximum Gasteiger partial charge on any atom is 0.282 e. The summed E-state index contributed by atoms with van der Waals surface area (Å²) in [6, 6.07) is 4.43. The second-order valence-corrected chi connectivity index (χ2v) is 6.11. The molecule has 2 fully saturated rings. The van der Waals surface area contributed by atoms with E-state index >= 15 is 0 Å². The maximum atomic E-state index is 12.9. The SMILES string of the molecule is CC(=O)N1C(=O)C[C@@]23c4cccc([N+](=O)[O-])c4C(=O)N2CCCN13. The highest BCUT2D eigenvalue weighted by Crippen LogP contribution is 2.52. The van der Waals surface area contributed by atoms with Crippen LogP contribution >= 0.6 is 0 Å². The van der Waals surface area contributed by atoms with E-state index in [1.807, 2.05) is 0 Å². The van der Waals surface area contributed by atoms with E-state index in [4.69, 9.17) is 0 Å². The minimum absolute atomic E-state index is 0.0209. The second-order valence-electron chi connectivity index (χ2n) is 6.11. The fourth-order valence-corrected chi connectivity index (χ4v) is 4.14. The molecule has 124 valence electrons. The molecule has 0 bridgehead atoms. The molecule has 2 saturated heterocycles. The van der Waals surface area contributed by atoms with Crippen LogP contribution in [0.4, 0.5) is 5.69 Å². The zero-order valence-corrected chi connectivity index (χ0v) is 12.9. The van der Waals surface area contributed by atoms with Crippen LogP contribution < -0.4 is 0 Å². The summed E-state index contributed by atoms with van der Waals surface area (Å²) in [4.78, 5) is 49.5. The third-order valence-corrected chi connectivity index (χ3v) is 4.93. The lowest BCUT2D eigenvalue weighted by Crippen LogP contribution is -2.61. The fraction of sp³-hybridized carbons (Fsp3) is 0.400. The van der Waals surface area contributed by atoms with Crippen LogP contribution in [0.2, 0.25) is 0 Å². The number of nitrogens with zero attached hydrogens (tertiary/aromatic N) is 4. The molecule has 0 aliphatic carbocycles. The van der Waals surface area contributed by atoms with E-state index in [-0.39, 0.29) is 17.7 Å². The predicted octanol–water partition coefficient (Wildman–Crippen LogP) is 0.603. The molecule has 0 N–H and O–H groups in total. The van der Waals surface area contributed by atoms with Gasteiger partial charge in [-0.05, 0) is 6.42 Å². The zero-order valence-electron chi connectivity index (χ0n) is 12.9. The van der Waals surface area contributed by atoms with Crippen LogP contribution in [0, 0.1) is 10.1 Å². The first-order chi connectivity index (χ1) is 11.4. The fourth-order valence-electron chi connectivity index (χ4n) is 4.14. The molecule has 1 spiro atoms. The van der Waals surface area contributed by atoms with E-state index in [0.717, 1.165) is 5.01 Å². The minimum Gasteiger partial charge on any atom is -0.314 e. The number of nitro groups is 1. The largest absolute Gasteiger partial charge is 0.314 e. The summed E-state index contributed by atoms with van der Waals surface area (Å²) in [5.41, 5.74) is -0.944. The molecule has 9 heteroatoms. The van der Waals surface area contributed by atoms with Crippen LogP contribution in [0.3, 0.4) is 0 Å². The first-order valence-electron chi connectivity index (χ1n) is 7.60. The van der Waals surface area contributed by atoms with Crippen LogP contribution in [-0.2, 0) is 15.3 Å². The molecule has 3 aliphatic rings. The summed E-state index contributed by atoms with van der Waals surface area (Å²) in [5.74, 6) is -1.29. The van der Waals surface area contributed by atoms with Gasteiger partial charge in [-0.25, -0.2) is 5.01 Å². The quantitative estimate of drug-likeness (QED) is 0.552. The summed E-state index contributed by atoms with van der Waals surface area (Å²) >= 11 is 0. The Morgan fingerprint density at radius 1 is 1.29 bits per heavy atom. The molecule has 3 heterocycles. The van der Waals surface area contributed by atoms with Gasteiger partial charge >= 0.3 is 0 Å². The van der Waals surface area contributed by atoms with Crippen LogP contribution in [0.1, 0.15) is 35.7 Å². The lowest BCUT2D eigenvalue weighted by atomic mass is 9.93. The molecule has 1 atom stereocenters. The first-order valence-corrected chi connectivity index (χ1v) is 7.60. The molecule has 3 amide bonds. The number of imide groups is 1. The highest BCUT2D eigenvalue weighted by molar-refractivity contribution is 6.06. The standard InChI is InChI=1S/C15H14N4O5/c1-9(20)18-12(21)8-15-10-4-2-5-11(19(23)24)13(10)14(22)16(15)6-3-7-17(15)18/h2,4-5H,3,6-8H2,1H3/t15-/m1/s1. The van der Waals surface area contributed by atoms with Gasteiger partial charge in [0.2, 0.25) is 11.8 Å². The van der Waals surface area contributed by atoms with Crippen molar-refractivity contribution in [2.45, 2.75) is 25.4 Å².